The van der Waals surface area contributed by atoms with Crippen molar-refractivity contribution in [1.82, 2.24) is 0 Å². The molecule has 0 aliphatic carbocycles. The molecule has 0 spiro atoms. The molecular weight excluding hydrogens is 134 g/mol. The average Bonchev–Trinajstić information content (AvgIpc) is 1.64. The van der Waals surface area contributed by atoms with Crippen LogP contribution in [0.5, 0.6) is 0 Å². The Morgan fingerprint density at radius 3 is 2.56 bits per heavy atom. The molecule has 54 valence electrons. The standard InChI is InChI=1S/C7H13N.ClH/c1-6-4-3-5-7(2)8-6;/h6H,3-5H2,1-2H3;1H/t6-;/m0./s1. The van der Waals surface area contributed by atoms with Crippen LogP contribution < -0.4 is 17.4 Å². The highest BCUT2D eigenvalue weighted by molar-refractivity contribution is 5.76. The summed E-state index contributed by atoms with van der Waals surface area (Å²) in [6.07, 6.45) is 4.00. The molecule has 1 heterocycles. The second kappa shape index (κ2) is 3.89. The van der Waals surface area contributed by atoms with Crippen LogP contribution in [0.3, 0.4) is 0 Å². The summed E-state index contributed by atoms with van der Waals surface area (Å²) in [6.45, 7) is 4.42. The van der Waals surface area contributed by atoms with E-state index in [1.54, 1.807) is 0 Å². The molecule has 1 N–H and O–H groups in total. The van der Waals surface area contributed by atoms with E-state index in [1.807, 2.05) is 0 Å². The molecule has 0 unspecified atom stereocenters. The molecule has 1 nitrogen and oxygen atoms in total. The van der Waals surface area contributed by atoms with E-state index >= 15 is 0 Å². The zero-order valence-electron chi connectivity index (χ0n) is 6.08. The Labute approximate surface area is 63.0 Å². The van der Waals surface area contributed by atoms with Crippen LogP contribution in [-0.4, -0.2) is 11.8 Å². The molecule has 0 aromatic rings. The third kappa shape index (κ3) is 2.85. The highest BCUT2D eigenvalue weighted by atomic mass is 35.5. The summed E-state index contributed by atoms with van der Waals surface area (Å²) in [7, 11) is 0. The zero-order chi connectivity index (χ0) is 5.98. The predicted molar refractivity (Wildman–Crippen MR) is 35.0 cm³/mol. The molecule has 0 amide bonds. The summed E-state index contributed by atoms with van der Waals surface area (Å²) in [4.78, 5) is 3.40. The van der Waals surface area contributed by atoms with Gasteiger partial charge in [0.2, 0.25) is 0 Å². The highest BCUT2D eigenvalue weighted by Crippen LogP contribution is 1.99. The molecule has 0 radical (unpaired) electrons. The molecule has 2 heteroatoms. The van der Waals surface area contributed by atoms with Crippen LogP contribution in [0.25, 0.3) is 0 Å². The number of halogens is 1. The lowest BCUT2D eigenvalue weighted by Gasteiger charge is -2.06. The zero-order valence-corrected chi connectivity index (χ0v) is 6.83. The first-order chi connectivity index (χ1) is 3.79. The second-order valence-corrected chi connectivity index (χ2v) is 2.72. The van der Waals surface area contributed by atoms with E-state index in [1.165, 1.54) is 25.0 Å². The van der Waals surface area contributed by atoms with Gasteiger partial charge in [-0.25, -0.2) is 4.99 Å². The fourth-order valence-electron chi connectivity index (χ4n) is 1.24. The van der Waals surface area contributed by atoms with Gasteiger partial charge in [-0.1, -0.05) is 0 Å². The molecule has 0 bridgehead atoms. The Balaban J connectivity index is 0.000000640. The van der Waals surface area contributed by atoms with Crippen LogP contribution in [0.1, 0.15) is 33.1 Å². The van der Waals surface area contributed by atoms with Gasteiger partial charge in [0.25, 0.3) is 0 Å². The number of nitrogens with one attached hydrogen (secondary N) is 1. The van der Waals surface area contributed by atoms with Gasteiger partial charge >= 0.3 is 0 Å². The van der Waals surface area contributed by atoms with Crippen LogP contribution in [0.4, 0.5) is 0 Å². The first kappa shape index (κ1) is 8.96. The smallest absolute Gasteiger partial charge is 0.147 e. The lowest BCUT2D eigenvalue weighted by atomic mass is 10.1. The Kier molecular flexibility index (Phi) is 3.87. The number of rotatable bonds is 0. The first-order valence-corrected chi connectivity index (χ1v) is 3.38. The molecular formula is C7H14ClN. The third-order valence-corrected chi connectivity index (χ3v) is 1.68. The lowest BCUT2D eigenvalue weighted by Crippen LogP contribution is -3.00. The SMILES string of the molecule is CC1=[NH+][C@@H](C)CCC1.[Cl-]. The highest BCUT2D eigenvalue weighted by Gasteiger charge is 2.12. The lowest BCUT2D eigenvalue weighted by molar-refractivity contribution is -0.505. The maximum absolute atomic E-state index is 3.40. The van der Waals surface area contributed by atoms with Crippen LogP contribution >= 0.6 is 0 Å². The minimum atomic E-state index is 0. The molecule has 1 aliphatic heterocycles. The minimum Gasteiger partial charge on any atom is -1.00 e. The number of hydrogen-bond donors (Lipinski definition) is 1. The Bertz CT molecular complexity index is 109. The van der Waals surface area contributed by atoms with Crippen molar-refractivity contribution < 1.29 is 17.4 Å². The van der Waals surface area contributed by atoms with Gasteiger partial charge < -0.3 is 12.4 Å². The van der Waals surface area contributed by atoms with E-state index in [4.69, 9.17) is 0 Å². The van der Waals surface area contributed by atoms with Gasteiger partial charge in [0.15, 0.2) is 0 Å². The largest absolute Gasteiger partial charge is 1.00 e. The second-order valence-electron chi connectivity index (χ2n) is 2.72. The van der Waals surface area contributed by atoms with E-state index in [-0.39, 0.29) is 12.4 Å². The normalized spacial score (nSPS) is 26.4. The van der Waals surface area contributed by atoms with Crippen molar-refractivity contribution in [2.75, 3.05) is 0 Å². The summed E-state index contributed by atoms with van der Waals surface area (Å²) >= 11 is 0. The third-order valence-electron chi connectivity index (χ3n) is 1.68. The topological polar surface area (TPSA) is 14.0 Å². The molecule has 1 aliphatic rings. The van der Waals surface area contributed by atoms with Crippen molar-refractivity contribution in [3.05, 3.63) is 0 Å². The van der Waals surface area contributed by atoms with Gasteiger partial charge in [0.1, 0.15) is 11.8 Å². The summed E-state index contributed by atoms with van der Waals surface area (Å²) in [6, 6.07) is 0.726. The van der Waals surface area contributed by atoms with Crippen LogP contribution in [-0.2, 0) is 0 Å². The van der Waals surface area contributed by atoms with Gasteiger partial charge in [-0.15, -0.1) is 0 Å². The monoisotopic (exact) mass is 147 g/mol. The Morgan fingerprint density at radius 1 is 1.56 bits per heavy atom. The number of hydrogen-bond acceptors (Lipinski definition) is 0. The van der Waals surface area contributed by atoms with Crippen LogP contribution in [0, 0.1) is 0 Å². The van der Waals surface area contributed by atoms with E-state index in [0.29, 0.717) is 0 Å². The summed E-state index contributed by atoms with van der Waals surface area (Å²) in [5.41, 5.74) is 1.46. The van der Waals surface area contributed by atoms with Gasteiger partial charge in [0.05, 0.1) is 0 Å². The average molecular weight is 148 g/mol. The molecule has 0 saturated carbocycles. The quantitative estimate of drug-likeness (QED) is 0.378. The van der Waals surface area contributed by atoms with Gasteiger partial charge in [-0.3, -0.25) is 0 Å². The summed E-state index contributed by atoms with van der Waals surface area (Å²) in [5, 5.41) is 0. The Morgan fingerprint density at radius 2 is 2.22 bits per heavy atom. The molecule has 9 heavy (non-hydrogen) atoms. The van der Waals surface area contributed by atoms with E-state index in [0.717, 1.165) is 6.04 Å². The van der Waals surface area contributed by atoms with Crippen molar-refractivity contribution >= 4 is 5.71 Å². The first-order valence-electron chi connectivity index (χ1n) is 3.38. The maximum Gasteiger partial charge on any atom is 0.147 e. The Hall–Kier alpha value is -0.0400. The molecule has 1 atom stereocenters. The van der Waals surface area contributed by atoms with E-state index in [2.05, 4.69) is 18.8 Å². The van der Waals surface area contributed by atoms with Gasteiger partial charge in [0, 0.05) is 19.8 Å². The molecule has 0 saturated heterocycles. The van der Waals surface area contributed by atoms with Gasteiger partial charge in [-0.05, 0) is 13.3 Å². The molecule has 0 aromatic carbocycles. The molecule has 0 fully saturated rings. The minimum absolute atomic E-state index is 0. The fraction of sp³-hybridized carbons (Fsp3) is 0.857. The van der Waals surface area contributed by atoms with Crippen LogP contribution in [0.15, 0.2) is 0 Å². The molecule has 1 rings (SSSR count). The van der Waals surface area contributed by atoms with Crippen molar-refractivity contribution in [1.29, 1.82) is 0 Å². The summed E-state index contributed by atoms with van der Waals surface area (Å²) < 4.78 is 0. The van der Waals surface area contributed by atoms with Crippen molar-refractivity contribution in [3.8, 4) is 0 Å². The van der Waals surface area contributed by atoms with Gasteiger partial charge in [-0.2, -0.15) is 0 Å². The maximum atomic E-state index is 3.40. The predicted octanol–water partition coefficient (Wildman–Crippen LogP) is -2.90. The fourth-order valence-corrected chi connectivity index (χ4v) is 1.24. The van der Waals surface area contributed by atoms with Crippen molar-refractivity contribution in [2.24, 2.45) is 0 Å². The molecule has 0 aromatic heterocycles. The van der Waals surface area contributed by atoms with Crippen molar-refractivity contribution in [3.63, 3.8) is 0 Å². The summed E-state index contributed by atoms with van der Waals surface area (Å²) in [5.74, 6) is 0. The van der Waals surface area contributed by atoms with Crippen LogP contribution in [0.2, 0.25) is 0 Å². The van der Waals surface area contributed by atoms with Crippen molar-refractivity contribution in [2.45, 2.75) is 39.2 Å². The van der Waals surface area contributed by atoms with E-state index in [9.17, 15) is 0 Å². The van der Waals surface area contributed by atoms with E-state index < -0.39 is 0 Å².